The van der Waals surface area contributed by atoms with Gasteiger partial charge in [-0.2, -0.15) is 4.98 Å². The van der Waals surface area contributed by atoms with Crippen LogP contribution in [0.4, 0.5) is 5.95 Å². The maximum absolute atomic E-state index is 12.2. The van der Waals surface area contributed by atoms with Gasteiger partial charge in [0.05, 0.1) is 0 Å². The molecule has 2 aromatic rings. The van der Waals surface area contributed by atoms with Gasteiger partial charge in [-0.1, -0.05) is 10.3 Å². The van der Waals surface area contributed by atoms with E-state index in [9.17, 15) is 9.59 Å². The molecule has 0 N–H and O–H groups in total. The fourth-order valence-electron chi connectivity index (χ4n) is 1.94. The number of aromatic nitrogens is 4. The molecular formula is C11H17N7O2. The Morgan fingerprint density at radius 1 is 1.20 bits per heavy atom. The first kappa shape index (κ1) is 14.0. The predicted octanol–water partition coefficient (Wildman–Crippen LogP) is 0.0139. The molecule has 20 heavy (non-hydrogen) atoms. The topological polar surface area (TPSA) is 89.8 Å². The summed E-state index contributed by atoms with van der Waals surface area (Å²) in [6.45, 7) is 2.38. The number of imidazole rings is 1. The number of rotatable bonds is 3. The van der Waals surface area contributed by atoms with Crippen molar-refractivity contribution in [2.45, 2.75) is 13.5 Å². The van der Waals surface area contributed by atoms with E-state index in [1.54, 1.807) is 25.7 Å². The molecule has 0 fully saturated rings. The number of nitrogens with zero attached hydrogens (tertiary/aromatic N) is 7. The van der Waals surface area contributed by atoms with Gasteiger partial charge < -0.3 is 4.57 Å². The zero-order valence-electron chi connectivity index (χ0n) is 12.2. The molecule has 0 saturated carbocycles. The second-order valence-corrected chi connectivity index (χ2v) is 4.57. The molecule has 0 spiro atoms. The summed E-state index contributed by atoms with van der Waals surface area (Å²) in [6.07, 6.45) is 0. The molecule has 108 valence electrons. The molecule has 2 rings (SSSR count). The van der Waals surface area contributed by atoms with Crippen LogP contribution < -0.4 is 11.2 Å². The van der Waals surface area contributed by atoms with Crippen LogP contribution >= 0.6 is 0 Å². The SMILES string of the molecule is CCn1c(N=NN(C)C)nc2c1c(=O)n(C)c(=O)n2C. The van der Waals surface area contributed by atoms with Crippen LogP contribution in [0.1, 0.15) is 6.92 Å². The molecule has 2 aromatic heterocycles. The summed E-state index contributed by atoms with van der Waals surface area (Å²) in [7, 11) is 6.48. The summed E-state index contributed by atoms with van der Waals surface area (Å²) < 4.78 is 4.03. The Balaban J connectivity index is 2.89. The highest BCUT2D eigenvalue weighted by atomic mass is 16.2. The van der Waals surface area contributed by atoms with Crippen molar-refractivity contribution in [3.63, 3.8) is 0 Å². The first-order valence-electron chi connectivity index (χ1n) is 6.13. The van der Waals surface area contributed by atoms with Crippen LogP contribution in [-0.4, -0.2) is 37.8 Å². The van der Waals surface area contributed by atoms with Crippen LogP contribution in [0.15, 0.2) is 19.9 Å². The van der Waals surface area contributed by atoms with Crippen molar-refractivity contribution in [2.75, 3.05) is 14.1 Å². The standard InChI is InChI=1S/C11H17N7O2/c1-6-18-7-8(12-10(18)13-14-15(2)3)16(4)11(20)17(5)9(7)19/h6H2,1-5H3. The number of aryl methyl sites for hydroxylation is 2. The smallest absolute Gasteiger partial charge is 0.301 e. The van der Waals surface area contributed by atoms with Gasteiger partial charge in [-0.15, -0.1) is 0 Å². The van der Waals surface area contributed by atoms with Crippen LogP contribution in [0.5, 0.6) is 0 Å². The molecule has 0 aliphatic carbocycles. The van der Waals surface area contributed by atoms with Crippen LogP contribution in [0.2, 0.25) is 0 Å². The number of fused-ring (bicyclic) bond motifs is 1. The minimum atomic E-state index is -0.417. The van der Waals surface area contributed by atoms with Crippen LogP contribution in [-0.2, 0) is 20.6 Å². The van der Waals surface area contributed by atoms with Gasteiger partial charge in [0.2, 0.25) is 0 Å². The van der Waals surface area contributed by atoms with E-state index in [1.807, 2.05) is 6.92 Å². The Labute approximate surface area is 114 Å². The van der Waals surface area contributed by atoms with Crippen molar-refractivity contribution in [3.8, 4) is 0 Å². The van der Waals surface area contributed by atoms with Gasteiger partial charge in [0.1, 0.15) is 0 Å². The quantitative estimate of drug-likeness (QED) is 0.585. The van der Waals surface area contributed by atoms with Crippen molar-refractivity contribution >= 4 is 17.1 Å². The summed E-state index contributed by atoms with van der Waals surface area (Å²) in [5.41, 5.74) is -0.138. The van der Waals surface area contributed by atoms with Crippen molar-refractivity contribution in [1.82, 2.24) is 23.7 Å². The normalized spacial score (nSPS) is 11.7. The van der Waals surface area contributed by atoms with E-state index in [4.69, 9.17) is 0 Å². The van der Waals surface area contributed by atoms with E-state index in [0.29, 0.717) is 23.7 Å². The van der Waals surface area contributed by atoms with E-state index in [2.05, 4.69) is 15.3 Å². The number of hydrogen-bond donors (Lipinski definition) is 0. The third kappa shape index (κ3) is 2.00. The lowest BCUT2D eigenvalue weighted by Gasteiger charge is -2.05. The van der Waals surface area contributed by atoms with E-state index in [0.717, 1.165) is 4.57 Å². The molecular weight excluding hydrogens is 262 g/mol. The van der Waals surface area contributed by atoms with Crippen molar-refractivity contribution in [1.29, 1.82) is 0 Å². The van der Waals surface area contributed by atoms with E-state index in [-0.39, 0.29) is 5.56 Å². The zero-order valence-corrected chi connectivity index (χ0v) is 12.2. The summed E-state index contributed by atoms with van der Waals surface area (Å²) in [4.78, 5) is 28.4. The first-order valence-corrected chi connectivity index (χ1v) is 6.13. The fraction of sp³-hybridized carbons (Fsp3) is 0.545. The zero-order chi connectivity index (χ0) is 15.0. The fourth-order valence-corrected chi connectivity index (χ4v) is 1.94. The van der Waals surface area contributed by atoms with Crippen LogP contribution in [0.3, 0.4) is 0 Å². The Morgan fingerprint density at radius 3 is 2.40 bits per heavy atom. The maximum Gasteiger partial charge on any atom is 0.332 e. The first-order chi connectivity index (χ1) is 9.38. The molecule has 0 bridgehead atoms. The Bertz CT molecular complexity index is 794. The van der Waals surface area contributed by atoms with Gasteiger partial charge in [0, 0.05) is 34.7 Å². The monoisotopic (exact) mass is 279 g/mol. The van der Waals surface area contributed by atoms with Gasteiger partial charge in [0.25, 0.3) is 11.5 Å². The van der Waals surface area contributed by atoms with E-state index >= 15 is 0 Å². The summed E-state index contributed by atoms with van der Waals surface area (Å²) >= 11 is 0. The van der Waals surface area contributed by atoms with Crippen molar-refractivity contribution < 1.29 is 0 Å². The lowest BCUT2D eigenvalue weighted by atomic mass is 10.5. The van der Waals surface area contributed by atoms with Gasteiger partial charge in [-0.05, 0) is 6.92 Å². The lowest BCUT2D eigenvalue weighted by Crippen LogP contribution is -2.37. The van der Waals surface area contributed by atoms with Gasteiger partial charge >= 0.3 is 5.69 Å². The molecule has 0 aliphatic heterocycles. The number of hydrogen-bond acceptors (Lipinski definition) is 5. The second-order valence-electron chi connectivity index (χ2n) is 4.57. The molecule has 0 atom stereocenters. The molecule has 0 saturated heterocycles. The average molecular weight is 279 g/mol. The van der Waals surface area contributed by atoms with Gasteiger partial charge in [-0.25, -0.2) is 4.79 Å². The minimum Gasteiger partial charge on any atom is -0.301 e. The van der Waals surface area contributed by atoms with E-state index in [1.165, 1.54) is 16.6 Å². The Hall–Kier alpha value is -2.45. The highest BCUT2D eigenvalue weighted by molar-refractivity contribution is 5.73. The molecule has 0 aromatic carbocycles. The van der Waals surface area contributed by atoms with Crippen molar-refractivity contribution in [3.05, 3.63) is 20.8 Å². The van der Waals surface area contributed by atoms with Crippen LogP contribution in [0.25, 0.3) is 11.2 Å². The van der Waals surface area contributed by atoms with Crippen molar-refractivity contribution in [2.24, 2.45) is 24.4 Å². The third-order valence-corrected chi connectivity index (χ3v) is 2.96. The van der Waals surface area contributed by atoms with Crippen LogP contribution in [0, 0.1) is 0 Å². The molecule has 9 heteroatoms. The summed E-state index contributed by atoms with van der Waals surface area (Å²) in [6, 6.07) is 0. The molecule has 9 nitrogen and oxygen atoms in total. The minimum absolute atomic E-state index is 0.300. The molecule has 0 radical (unpaired) electrons. The maximum atomic E-state index is 12.2. The molecule has 0 unspecified atom stereocenters. The molecule has 2 heterocycles. The largest absolute Gasteiger partial charge is 0.332 e. The predicted molar refractivity (Wildman–Crippen MR) is 74.1 cm³/mol. The average Bonchev–Trinajstić information content (AvgIpc) is 2.79. The third-order valence-electron chi connectivity index (χ3n) is 2.96. The Morgan fingerprint density at radius 2 is 1.85 bits per heavy atom. The Kier molecular flexibility index (Phi) is 3.43. The highest BCUT2D eigenvalue weighted by Gasteiger charge is 2.17. The van der Waals surface area contributed by atoms with Gasteiger partial charge in [-0.3, -0.25) is 18.9 Å². The second kappa shape index (κ2) is 4.91. The summed E-state index contributed by atoms with van der Waals surface area (Å²) in [5, 5.41) is 9.40. The lowest BCUT2D eigenvalue weighted by molar-refractivity contribution is 0.406. The summed E-state index contributed by atoms with van der Waals surface area (Å²) in [5.74, 6) is 0.300. The molecule has 0 aliphatic rings. The van der Waals surface area contributed by atoms with Gasteiger partial charge in [0.15, 0.2) is 11.2 Å². The van der Waals surface area contributed by atoms with E-state index < -0.39 is 5.69 Å². The molecule has 0 amide bonds. The highest BCUT2D eigenvalue weighted by Crippen LogP contribution is 2.18.